The molecule has 0 saturated carbocycles. The highest BCUT2D eigenvalue weighted by atomic mass is 32.2. The Kier molecular flexibility index (Phi) is 5.41. The largest absolute Gasteiger partial charge is 0.480 e. The fourth-order valence-corrected chi connectivity index (χ4v) is 3.31. The number of carbonyl (C=O) groups is 2. The van der Waals surface area contributed by atoms with E-state index in [4.69, 9.17) is 4.74 Å². The third-order valence-electron chi connectivity index (χ3n) is 3.62. The van der Waals surface area contributed by atoms with Crippen LogP contribution < -0.4 is 0 Å². The first-order valence-corrected chi connectivity index (χ1v) is 8.00. The van der Waals surface area contributed by atoms with E-state index in [0.29, 0.717) is 18.1 Å². The monoisotopic (exact) mass is 328 g/mol. The number of carboxylic acids is 1. The minimum Gasteiger partial charge on any atom is -0.480 e. The fraction of sp³-hybridized carbons (Fsp3) is 0.692. The molecule has 2 atom stereocenters. The summed E-state index contributed by atoms with van der Waals surface area (Å²) in [4.78, 5) is 25.0. The van der Waals surface area contributed by atoms with E-state index in [0.717, 1.165) is 0 Å². The van der Waals surface area contributed by atoms with Crippen molar-refractivity contribution >= 4 is 23.6 Å². The molecule has 0 aliphatic carbocycles. The van der Waals surface area contributed by atoms with Gasteiger partial charge >= 0.3 is 5.97 Å². The van der Waals surface area contributed by atoms with Crippen molar-refractivity contribution in [3.05, 3.63) is 6.33 Å². The first-order chi connectivity index (χ1) is 10.4. The van der Waals surface area contributed by atoms with Crippen LogP contribution in [0.5, 0.6) is 0 Å². The SMILES string of the molecule is COC1CC(C(=O)O)N(C(=O)CSc2nncn2C(C)C)C1. The highest BCUT2D eigenvalue weighted by Crippen LogP contribution is 2.24. The summed E-state index contributed by atoms with van der Waals surface area (Å²) in [6.07, 6.45) is 1.72. The molecule has 0 aromatic carbocycles. The Labute approximate surface area is 132 Å². The van der Waals surface area contributed by atoms with Crippen LogP contribution >= 0.6 is 11.8 Å². The van der Waals surface area contributed by atoms with Gasteiger partial charge in [0.15, 0.2) is 5.16 Å². The summed E-state index contributed by atoms with van der Waals surface area (Å²) in [5.74, 6) is -1.09. The second-order valence-corrected chi connectivity index (χ2v) is 6.34. The molecular weight excluding hydrogens is 308 g/mol. The molecule has 2 heterocycles. The molecule has 1 aliphatic heterocycles. The molecular formula is C13H20N4O4S. The van der Waals surface area contributed by atoms with E-state index in [1.807, 2.05) is 18.4 Å². The number of aliphatic carboxylic acids is 1. The molecule has 1 saturated heterocycles. The lowest BCUT2D eigenvalue weighted by atomic mass is 10.2. The molecule has 2 unspecified atom stereocenters. The van der Waals surface area contributed by atoms with E-state index in [9.17, 15) is 14.7 Å². The van der Waals surface area contributed by atoms with Gasteiger partial charge in [-0.15, -0.1) is 10.2 Å². The van der Waals surface area contributed by atoms with Gasteiger partial charge in [-0.2, -0.15) is 0 Å². The van der Waals surface area contributed by atoms with E-state index in [-0.39, 0.29) is 23.8 Å². The van der Waals surface area contributed by atoms with Crippen LogP contribution in [0.2, 0.25) is 0 Å². The van der Waals surface area contributed by atoms with Gasteiger partial charge in [-0.1, -0.05) is 11.8 Å². The van der Waals surface area contributed by atoms with Gasteiger partial charge in [-0.25, -0.2) is 4.79 Å². The molecule has 1 aliphatic rings. The van der Waals surface area contributed by atoms with E-state index in [1.165, 1.54) is 23.8 Å². The van der Waals surface area contributed by atoms with Crippen molar-refractivity contribution in [3.8, 4) is 0 Å². The molecule has 0 radical (unpaired) electrons. The summed E-state index contributed by atoms with van der Waals surface area (Å²) in [5, 5.41) is 17.7. The zero-order valence-corrected chi connectivity index (χ0v) is 13.6. The number of nitrogens with zero attached hydrogens (tertiary/aromatic N) is 4. The topological polar surface area (TPSA) is 97.6 Å². The smallest absolute Gasteiger partial charge is 0.326 e. The van der Waals surface area contributed by atoms with Gasteiger partial charge in [0.1, 0.15) is 12.4 Å². The maximum atomic E-state index is 12.3. The number of hydrogen-bond donors (Lipinski definition) is 1. The maximum Gasteiger partial charge on any atom is 0.326 e. The van der Waals surface area contributed by atoms with Crippen molar-refractivity contribution in [3.63, 3.8) is 0 Å². The number of likely N-dealkylation sites (tertiary alicyclic amines) is 1. The van der Waals surface area contributed by atoms with Crippen molar-refractivity contribution in [1.82, 2.24) is 19.7 Å². The molecule has 2 rings (SSSR count). The average Bonchev–Trinajstić information content (AvgIpc) is 3.11. The number of amides is 1. The number of rotatable bonds is 6. The zero-order valence-electron chi connectivity index (χ0n) is 12.8. The number of aromatic nitrogens is 3. The van der Waals surface area contributed by atoms with Crippen LogP contribution in [-0.4, -0.2) is 68.2 Å². The fourth-order valence-electron chi connectivity index (χ4n) is 2.38. The third kappa shape index (κ3) is 3.58. The van der Waals surface area contributed by atoms with E-state index in [2.05, 4.69) is 10.2 Å². The molecule has 0 spiro atoms. The van der Waals surface area contributed by atoms with Crippen LogP contribution in [0.25, 0.3) is 0 Å². The summed E-state index contributed by atoms with van der Waals surface area (Å²) in [7, 11) is 1.53. The summed E-state index contributed by atoms with van der Waals surface area (Å²) in [6.45, 7) is 4.31. The van der Waals surface area contributed by atoms with Gasteiger partial charge in [-0.3, -0.25) is 4.79 Å². The van der Waals surface area contributed by atoms with Crippen LogP contribution in [0.15, 0.2) is 11.5 Å². The van der Waals surface area contributed by atoms with Gasteiger partial charge in [0.05, 0.1) is 11.9 Å². The Morgan fingerprint density at radius 2 is 2.27 bits per heavy atom. The minimum atomic E-state index is -0.997. The van der Waals surface area contributed by atoms with E-state index in [1.54, 1.807) is 6.33 Å². The normalized spacial score (nSPS) is 21.5. The zero-order chi connectivity index (χ0) is 16.3. The number of carbonyl (C=O) groups excluding carboxylic acids is 1. The molecule has 1 amide bonds. The molecule has 1 N–H and O–H groups in total. The number of methoxy groups -OCH3 is 1. The van der Waals surface area contributed by atoms with Gasteiger partial charge in [0, 0.05) is 26.1 Å². The Bertz CT molecular complexity index is 548. The molecule has 22 heavy (non-hydrogen) atoms. The quantitative estimate of drug-likeness (QED) is 0.766. The van der Waals surface area contributed by atoms with Gasteiger partial charge in [0.2, 0.25) is 5.91 Å². The van der Waals surface area contributed by atoms with Crippen LogP contribution in [0.1, 0.15) is 26.3 Å². The van der Waals surface area contributed by atoms with Crippen LogP contribution in [0.3, 0.4) is 0 Å². The molecule has 1 aromatic rings. The first kappa shape index (κ1) is 16.8. The van der Waals surface area contributed by atoms with Gasteiger partial charge in [0.25, 0.3) is 0 Å². The number of hydrogen-bond acceptors (Lipinski definition) is 6. The van der Waals surface area contributed by atoms with Crippen molar-refractivity contribution in [1.29, 1.82) is 0 Å². The lowest BCUT2D eigenvalue weighted by Crippen LogP contribution is -2.41. The molecule has 1 aromatic heterocycles. The lowest BCUT2D eigenvalue weighted by Gasteiger charge is -2.21. The van der Waals surface area contributed by atoms with Crippen molar-refractivity contribution < 1.29 is 19.4 Å². The van der Waals surface area contributed by atoms with Crippen molar-refractivity contribution in [2.45, 2.75) is 43.6 Å². The van der Waals surface area contributed by atoms with Crippen molar-refractivity contribution in [2.24, 2.45) is 0 Å². The first-order valence-electron chi connectivity index (χ1n) is 7.01. The molecule has 8 nitrogen and oxygen atoms in total. The highest BCUT2D eigenvalue weighted by Gasteiger charge is 2.39. The second-order valence-electron chi connectivity index (χ2n) is 5.40. The predicted molar refractivity (Wildman–Crippen MR) is 79.7 cm³/mol. The van der Waals surface area contributed by atoms with Crippen LogP contribution in [-0.2, 0) is 14.3 Å². The van der Waals surface area contributed by atoms with Crippen LogP contribution in [0.4, 0.5) is 0 Å². The summed E-state index contributed by atoms with van der Waals surface area (Å²) >= 11 is 1.26. The van der Waals surface area contributed by atoms with Gasteiger partial charge in [-0.05, 0) is 13.8 Å². The summed E-state index contributed by atoms with van der Waals surface area (Å²) in [5.41, 5.74) is 0. The Balaban J connectivity index is 1.99. The van der Waals surface area contributed by atoms with E-state index >= 15 is 0 Å². The average molecular weight is 328 g/mol. The van der Waals surface area contributed by atoms with Gasteiger partial charge < -0.3 is 19.3 Å². The predicted octanol–water partition coefficient (Wildman–Crippen LogP) is 0.652. The Morgan fingerprint density at radius 1 is 1.55 bits per heavy atom. The lowest BCUT2D eigenvalue weighted by molar-refractivity contribution is -0.147. The summed E-state index contributed by atoms with van der Waals surface area (Å²) < 4.78 is 7.05. The number of carboxylic acid groups (broad SMARTS) is 1. The van der Waals surface area contributed by atoms with Crippen LogP contribution in [0, 0.1) is 0 Å². The Morgan fingerprint density at radius 3 is 2.86 bits per heavy atom. The maximum absolute atomic E-state index is 12.3. The second kappa shape index (κ2) is 7.10. The third-order valence-corrected chi connectivity index (χ3v) is 4.56. The molecule has 1 fully saturated rings. The summed E-state index contributed by atoms with van der Waals surface area (Å²) in [6, 6.07) is -0.620. The Hall–Kier alpha value is -1.61. The standard InChI is InChI=1S/C13H20N4O4S/c1-8(2)17-7-14-15-13(17)22-6-11(18)16-5-9(21-3)4-10(16)12(19)20/h7-10H,4-6H2,1-3H3,(H,19,20). The minimum absolute atomic E-state index is 0.131. The number of ether oxygens (including phenoxy) is 1. The molecule has 122 valence electrons. The van der Waals surface area contributed by atoms with E-state index < -0.39 is 12.0 Å². The number of thioether (sulfide) groups is 1. The molecule has 9 heteroatoms. The highest BCUT2D eigenvalue weighted by molar-refractivity contribution is 7.99. The molecule has 0 bridgehead atoms. The van der Waals surface area contributed by atoms with Crippen molar-refractivity contribution in [2.75, 3.05) is 19.4 Å².